The van der Waals surface area contributed by atoms with Crippen LogP contribution < -0.4 is 0 Å². The molecule has 4 nitrogen and oxygen atoms in total. The van der Waals surface area contributed by atoms with Crippen LogP contribution in [0.25, 0.3) is 21.5 Å². The van der Waals surface area contributed by atoms with Crippen LogP contribution in [0.2, 0.25) is 0 Å². The van der Waals surface area contributed by atoms with E-state index < -0.39 is 5.92 Å². The third-order valence-corrected chi connectivity index (χ3v) is 4.79. The van der Waals surface area contributed by atoms with Crippen molar-refractivity contribution < 1.29 is 9.59 Å². The number of rotatable bonds is 3. The minimum atomic E-state index is -0.603. The number of carbonyl (C=O) groups excluding carboxylic acids is 2. The number of Topliss-reactive ketones (excluding diaryl/α,β-unsaturated/α-hetero) is 2. The van der Waals surface area contributed by atoms with Gasteiger partial charge in [0.1, 0.15) is 0 Å². The van der Waals surface area contributed by atoms with Gasteiger partial charge in [0.15, 0.2) is 11.6 Å². The zero-order chi connectivity index (χ0) is 16.8. The van der Waals surface area contributed by atoms with Crippen molar-refractivity contribution in [2.45, 2.75) is 6.42 Å². The van der Waals surface area contributed by atoms with Crippen LogP contribution in [0.15, 0.2) is 42.7 Å². The van der Waals surface area contributed by atoms with E-state index in [2.05, 4.69) is 4.98 Å². The van der Waals surface area contributed by atoms with Crippen LogP contribution in [0.1, 0.15) is 27.1 Å². The predicted molar refractivity (Wildman–Crippen MR) is 94.6 cm³/mol. The maximum absolute atomic E-state index is 13.0. The van der Waals surface area contributed by atoms with Gasteiger partial charge in [0.25, 0.3) is 0 Å². The van der Waals surface area contributed by atoms with Crippen LogP contribution in [-0.2, 0) is 0 Å². The second-order valence-electron chi connectivity index (χ2n) is 6.63. The van der Waals surface area contributed by atoms with Crippen molar-refractivity contribution in [3.8, 4) is 0 Å². The van der Waals surface area contributed by atoms with E-state index in [-0.39, 0.29) is 11.6 Å². The smallest absolute Gasteiger partial charge is 0.175 e. The van der Waals surface area contributed by atoms with Crippen molar-refractivity contribution in [1.82, 2.24) is 9.88 Å². The van der Waals surface area contributed by atoms with Gasteiger partial charge in [0.2, 0.25) is 0 Å². The van der Waals surface area contributed by atoms with Gasteiger partial charge in [-0.2, -0.15) is 0 Å². The van der Waals surface area contributed by atoms with Gasteiger partial charge < -0.3 is 4.90 Å². The third-order valence-electron chi connectivity index (χ3n) is 4.79. The Kier molecular flexibility index (Phi) is 3.43. The molecule has 24 heavy (non-hydrogen) atoms. The molecule has 1 atom stereocenters. The number of aromatic nitrogens is 1. The Balaban J connectivity index is 1.98. The van der Waals surface area contributed by atoms with Gasteiger partial charge in [-0.15, -0.1) is 0 Å². The molecule has 0 radical (unpaired) electrons. The summed E-state index contributed by atoms with van der Waals surface area (Å²) in [6, 6.07) is 9.85. The SMILES string of the molecule is CN(C)CCC1C(=O)c2cncc3c2c(cc2ccccc23)C1=O. The third kappa shape index (κ3) is 2.14. The minimum Gasteiger partial charge on any atom is -0.309 e. The van der Waals surface area contributed by atoms with Crippen molar-refractivity contribution in [2.24, 2.45) is 5.92 Å². The lowest BCUT2D eigenvalue weighted by Gasteiger charge is -2.24. The molecule has 3 aromatic rings. The van der Waals surface area contributed by atoms with Crippen molar-refractivity contribution in [2.75, 3.05) is 20.6 Å². The van der Waals surface area contributed by atoms with Gasteiger partial charge >= 0.3 is 0 Å². The summed E-state index contributed by atoms with van der Waals surface area (Å²) < 4.78 is 0. The maximum atomic E-state index is 13.0. The molecular weight excluding hydrogens is 300 g/mol. The summed E-state index contributed by atoms with van der Waals surface area (Å²) in [5.41, 5.74) is 1.24. The highest BCUT2D eigenvalue weighted by atomic mass is 16.2. The maximum Gasteiger partial charge on any atom is 0.175 e. The van der Waals surface area contributed by atoms with Crippen LogP contribution in [0.3, 0.4) is 0 Å². The molecule has 4 heteroatoms. The van der Waals surface area contributed by atoms with E-state index in [0.717, 1.165) is 21.5 Å². The first kappa shape index (κ1) is 15.0. The number of ketones is 2. The molecule has 0 bridgehead atoms. The molecular formula is C20H18N2O2. The molecule has 1 aromatic heterocycles. The van der Waals surface area contributed by atoms with Crippen LogP contribution >= 0.6 is 0 Å². The molecule has 0 saturated carbocycles. The molecule has 0 aliphatic heterocycles. The van der Waals surface area contributed by atoms with Crippen molar-refractivity contribution >= 4 is 33.1 Å². The summed E-state index contributed by atoms with van der Waals surface area (Å²) in [7, 11) is 3.89. The lowest BCUT2D eigenvalue weighted by molar-refractivity contribution is 0.0788. The van der Waals surface area contributed by atoms with Gasteiger partial charge in [-0.3, -0.25) is 14.6 Å². The number of carbonyl (C=O) groups is 2. The van der Waals surface area contributed by atoms with Crippen LogP contribution in [0.4, 0.5) is 0 Å². The van der Waals surface area contributed by atoms with Crippen molar-refractivity contribution in [3.05, 3.63) is 53.9 Å². The number of hydrogen-bond acceptors (Lipinski definition) is 4. The molecule has 1 aliphatic carbocycles. The van der Waals surface area contributed by atoms with Gasteiger partial charge in [-0.25, -0.2) is 0 Å². The molecule has 0 saturated heterocycles. The summed E-state index contributed by atoms with van der Waals surface area (Å²) in [5.74, 6) is -0.757. The van der Waals surface area contributed by atoms with E-state index in [0.29, 0.717) is 24.1 Å². The molecule has 1 heterocycles. The van der Waals surface area contributed by atoms with Gasteiger partial charge in [0.05, 0.1) is 5.92 Å². The van der Waals surface area contributed by atoms with Gasteiger partial charge in [-0.05, 0) is 43.9 Å². The highest BCUT2D eigenvalue weighted by Gasteiger charge is 2.36. The Morgan fingerprint density at radius 1 is 1.00 bits per heavy atom. The summed E-state index contributed by atoms with van der Waals surface area (Å²) in [4.78, 5) is 32.2. The fourth-order valence-electron chi connectivity index (χ4n) is 3.58. The fourth-order valence-corrected chi connectivity index (χ4v) is 3.58. The number of fused-ring (bicyclic) bond motifs is 2. The molecule has 0 N–H and O–H groups in total. The second kappa shape index (κ2) is 5.49. The normalized spacial score (nSPS) is 17.2. The van der Waals surface area contributed by atoms with E-state index in [1.165, 1.54) is 0 Å². The topological polar surface area (TPSA) is 50.3 Å². The van der Waals surface area contributed by atoms with E-state index in [1.807, 2.05) is 49.3 Å². The molecule has 0 fully saturated rings. The highest BCUT2D eigenvalue weighted by molar-refractivity contribution is 6.32. The van der Waals surface area contributed by atoms with Crippen LogP contribution in [-0.4, -0.2) is 42.1 Å². The van der Waals surface area contributed by atoms with Gasteiger partial charge in [0, 0.05) is 34.3 Å². The summed E-state index contributed by atoms with van der Waals surface area (Å²) in [6.45, 7) is 0.703. The Morgan fingerprint density at radius 3 is 2.54 bits per heavy atom. The van der Waals surface area contributed by atoms with E-state index >= 15 is 0 Å². The average molecular weight is 318 g/mol. The Morgan fingerprint density at radius 2 is 1.75 bits per heavy atom. The Labute approximate surface area is 140 Å². The Bertz CT molecular complexity index is 992. The van der Waals surface area contributed by atoms with Crippen LogP contribution in [0.5, 0.6) is 0 Å². The summed E-state index contributed by atoms with van der Waals surface area (Å²) >= 11 is 0. The minimum absolute atomic E-state index is 0.0590. The largest absolute Gasteiger partial charge is 0.309 e. The standard InChI is InChI=1S/C20H18N2O2/c1-22(2)8-7-14-19(23)15-9-12-5-3-4-6-13(12)16-10-21-11-17(18(15)16)20(14)24/h3-6,9-11,14H,7-8H2,1-2H3. The molecule has 2 aromatic carbocycles. The number of hydrogen-bond donors (Lipinski definition) is 0. The van der Waals surface area contributed by atoms with E-state index in [1.54, 1.807) is 12.4 Å². The number of pyridine rings is 1. The summed E-state index contributed by atoms with van der Waals surface area (Å²) in [5, 5.41) is 3.68. The molecule has 120 valence electrons. The first-order valence-corrected chi connectivity index (χ1v) is 8.10. The lowest BCUT2D eigenvalue weighted by Crippen LogP contribution is -2.32. The number of nitrogens with zero attached hydrogens (tertiary/aromatic N) is 2. The first-order chi connectivity index (χ1) is 11.6. The second-order valence-corrected chi connectivity index (χ2v) is 6.63. The van der Waals surface area contributed by atoms with E-state index in [4.69, 9.17) is 0 Å². The highest BCUT2D eigenvalue weighted by Crippen LogP contribution is 2.37. The zero-order valence-electron chi connectivity index (χ0n) is 13.7. The summed E-state index contributed by atoms with van der Waals surface area (Å²) in [6.07, 6.45) is 3.90. The van der Waals surface area contributed by atoms with Crippen molar-refractivity contribution in [3.63, 3.8) is 0 Å². The molecule has 1 unspecified atom stereocenters. The predicted octanol–water partition coefficient (Wildman–Crippen LogP) is 3.33. The average Bonchev–Trinajstić information content (AvgIpc) is 2.59. The molecule has 1 aliphatic rings. The van der Waals surface area contributed by atoms with E-state index in [9.17, 15) is 9.59 Å². The Hall–Kier alpha value is -2.59. The fraction of sp³-hybridized carbons (Fsp3) is 0.250. The lowest BCUT2D eigenvalue weighted by atomic mass is 9.78. The van der Waals surface area contributed by atoms with Crippen molar-refractivity contribution in [1.29, 1.82) is 0 Å². The zero-order valence-corrected chi connectivity index (χ0v) is 13.7. The molecule has 4 rings (SSSR count). The van der Waals surface area contributed by atoms with Crippen LogP contribution in [0, 0.1) is 5.92 Å². The molecule has 0 amide bonds. The molecule has 0 spiro atoms. The monoisotopic (exact) mass is 318 g/mol. The number of benzene rings is 2. The first-order valence-electron chi connectivity index (χ1n) is 8.10. The van der Waals surface area contributed by atoms with Gasteiger partial charge in [-0.1, -0.05) is 24.3 Å². The quantitative estimate of drug-likeness (QED) is 0.549.